The Labute approximate surface area is 112 Å². The van der Waals surface area contributed by atoms with Crippen LogP contribution in [-0.4, -0.2) is 47.0 Å². The standard InChI is InChI=1S/C12H21N3O4/c1-7(2)12(10(17)18)4-5-15(6-12)9(16)8(3)14-11(13)19/h7-8H,4-6H2,1-3H3,(H,17,18)(H3,13,14,19). The molecular weight excluding hydrogens is 250 g/mol. The van der Waals surface area contributed by atoms with Crippen molar-refractivity contribution < 1.29 is 19.5 Å². The summed E-state index contributed by atoms with van der Waals surface area (Å²) in [7, 11) is 0. The highest BCUT2D eigenvalue weighted by molar-refractivity contribution is 5.87. The van der Waals surface area contributed by atoms with Gasteiger partial charge < -0.3 is 21.1 Å². The molecule has 1 aliphatic heterocycles. The fraction of sp³-hybridized carbons (Fsp3) is 0.750. The van der Waals surface area contributed by atoms with Crippen LogP contribution in [-0.2, 0) is 9.59 Å². The molecular formula is C12H21N3O4. The molecule has 1 fully saturated rings. The number of hydrogen-bond donors (Lipinski definition) is 3. The SMILES string of the molecule is CC(NC(N)=O)C(=O)N1CCC(C(=O)O)(C(C)C)C1. The van der Waals surface area contributed by atoms with Crippen molar-refractivity contribution in [3.63, 3.8) is 0 Å². The average molecular weight is 271 g/mol. The topological polar surface area (TPSA) is 113 Å². The second-order valence-corrected chi connectivity index (χ2v) is 5.36. The van der Waals surface area contributed by atoms with Crippen molar-refractivity contribution in [1.82, 2.24) is 10.2 Å². The van der Waals surface area contributed by atoms with Crippen LogP contribution in [0.5, 0.6) is 0 Å². The monoisotopic (exact) mass is 271 g/mol. The summed E-state index contributed by atoms with van der Waals surface area (Å²) in [5.41, 5.74) is 4.06. The fourth-order valence-electron chi connectivity index (χ4n) is 2.46. The Balaban J connectivity index is 2.77. The first-order chi connectivity index (χ1) is 8.70. The van der Waals surface area contributed by atoms with Crippen LogP contribution >= 0.6 is 0 Å². The Bertz CT molecular complexity index is 396. The molecule has 0 aromatic rings. The van der Waals surface area contributed by atoms with Crippen LogP contribution in [0, 0.1) is 11.3 Å². The van der Waals surface area contributed by atoms with Gasteiger partial charge in [0.15, 0.2) is 0 Å². The van der Waals surface area contributed by atoms with E-state index < -0.39 is 23.5 Å². The van der Waals surface area contributed by atoms with Crippen LogP contribution < -0.4 is 11.1 Å². The number of primary amides is 1. The lowest BCUT2D eigenvalue weighted by molar-refractivity contribution is -0.151. The van der Waals surface area contributed by atoms with Crippen molar-refractivity contribution in [2.75, 3.05) is 13.1 Å². The first-order valence-electron chi connectivity index (χ1n) is 6.29. The maximum atomic E-state index is 12.1. The number of amides is 3. The molecule has 0 aromatic heterocycles. The van der Waals surface area contributed by atoms with Gasteiger partial charge in [0.05, 0.1) is 5.41 Å². The number of carbonyl (C=O) groups excluding carboxylic acids is 2. The van der Waals surface area contributed by atoms with Gasteiger partial charge in [0, 0.05) is 13.1 Å². The molecule has 0 aromatic carbocycles. The van der Waals surface area contributed by atoms with Gasteiger partial charge in [-0.3, -0.25) is 9.59 Å². The highest BCUT2D eigenvalue weighted by Gasteiger charge is 2.48. The summed E-state index contributed by atoms with van der Waals surface area (Å²) in [5, 5.41) is 11.7. The number of carboxylic acid groups (broad SMARTS) is 1. The third-order valence-electron chi connectivity index (χ3n) is 3.87. The van der Waals surface area contributed by atoms with E-state index in [9.17, 15) is 19.5 Å². The zero-order chi connectivity index (χ0) is 14.8. The molecule has 3 amide bonds. The molecule has 1 rings (SSSR count). The molecule has 2 atom stereocenters. The molecule has 0 spiro atoms. The molecule has 0 radical (unpaired) electrons. The zero-order valence-corrected chi connectivity index (χ0v) is 11.5. The Hall–Kier alpha value is -1.79. The zero-order valence-electron chi connectivity index (χ0n) is 11.5. The van der Waals surface area contributed by atoms with Crippen LogP contribution in [0.1, 0.15) is 27.2 Å². The predicted octanol–water partition coefficient (Wildman–Crippen LogP) is 0.00250. The number of urea groups is 1. The van der Waals surface area contributed by atoms with E-state index in [1.165, 1.54) is 11.8 Å². The number of aliphatic carboxylic acids is 1. The van der Waals surface area contributed by atoms with E-state index >= 15 is 0 Å². The van der Waals surface area contributed by atoms with E-state index in [2.05, 4.69) is 5.32 Å². The molecule has 19 heavy (non-hydrogen) atoms. The van der Waals surface area contributed by atoms with Crippen LogP contribution in [0.3, 0.4) is 0 Å². The number of nitrogens with zero attached hydrogens (tertiary/aromatic N) is 1. The second-order valence-electron chi connectivity index (χ2n) is 5.36. The molecule has 0 aliphatic carbocycles. The van der Waals surface area contributed by atoms with Crippen molar-refractivity contribution in [3.8, 4) is 0 Å². The predicted molar refractivity (Wildman–Crippen MR) is 68.3 cm³/mol. The van der Waals surface area contributed by atoms with Gasteiger partial charge in [0.25, 0.3) is 0 Å². The van der Waals surface area contributed by atoms with E-state index in [-0.39, 0.29) is 18.4 Å². The number of carbonyl (C=O) groups is 3. The number of nitrogens with two attached hydrogens (primary N) is 1. The third-order valence-corrected chi connectivity index (χ3v) is 3.87. The Morgan fingerprint density at radius 3 is 2.26 bits per heavy atom. The largest absolute Gasteiger partial charge is 0.481 e. The molecule has 7 nitrogen and oxygen atoms in total. The van der Waals surface area contributed by atoms with E-state index in [0.29, 0.717) is 13.0 Å². The van der Waals surface area contributed by atoms with Gasteiger partial charge in [-0.2, -0.15) is 0 Å². The maximum Gasteiger partial charge on any atom is 0.312 e. The normalized spacial score (nSPS) is 24.3. The van der Waals surface area contributed by atoms with Crippen LogP contribution in [0.15, 0.2) is 0 Å². The van der Waals surface area contributed by atoms with E-state index in [1.54, 1.807) is 0 Å². The summed E-state index contributed by atoms with van der Waals surface area (Å²) in [6.45, 7) is 5.77. The molecule has 2 unspecified atom stereocenters. The Kier molecular flexibility index (Phi) is 4.39. The van der Waals surface area contributed by atoms with Crippen molar-refractivity contribution in [3.05, 3.63) is 0 Å². The molecule has 108 valence electrons. The van der Waals surface area contributed by atoms with Gasteiger partial charge in [-0.25, -0.2) is 4.79 Å². The minimum Gasteiger partial charge on any atom is -0.481 e. The third kappa shape index (κ3) is 2.97. The smallest absolute Gasteiger partial charge is 0.312 e. The lowest BCUT2D eigenvalue weighted by atomic mass is 9.76. The highest BCUT2D eigenvalue weighted by Crippen LogP contribution is 2.38. The van der Waals surface area contributed by atoms with E-state index in [0.717, 1.165) is 0 Å². The summed E-state index contributed by atoms with van der Waals surface area (Å²) in [6, 6.07) is -1.51. The van der Waals surface area contributed by atoms with E-state index in [1.807, 2.05) is 13.8 Å². The quantitative estimate of drug-likeness (QED) is 0.668. The van der Waals surface area contributed by atoms with Gasteiger partial charge in [-0.15, -0.1) is 0 Å². The second kappa shape index (κ2) is 5.46. The molecule has 1 heterocycles. The van der Waals surface area contributed by atoms with Crippen molar-refractivity contribution in [1.29, 1.82) is 0 Å². The number of likely N-dealkylation sites (tertiary alicyclic amines) is 1. The lowest BCUT2D eigenvalue weighted by Gasteiger charge is -2.29. The lowest BCUT2D eigenvalue weighted by Crippen LogP contribution is -2.49. The summed E-state index contributed by atoms with van der Waals surface area (Å²) in [6.07, 6.45) is 0.426. The Morgan fingerprint density at radius 2 is 1.89 bits per heavy atom. The van der Waals surface area contributed by atoms with Crippen molar-refractivity contribution in [2.24, 2.45) is 17.1 Å². The first-order valence-corrected chi connectivity index (χ1v) is 6.29. The van der Waals surface area contributed by atoms with Gasteiger partial charge in [-0.05, 0) is 19.3 Å². The van der Waals surface area contributed by atoms with Crippen LogP contribution in [0.25, 0.3) is 0 Å². The highest BCUT2D eigenvalue weighted by atomic mass is 16.4. The minimum absolute atomic E-state index is 0.0674. The van der Waals surface area contributed by atoms with E-state index in [4.69, 9.17) is 5.73 Å². The molecule has 1 aliphatic rings. The van der Waals surface area contributed by atoms with Gasteiger partial charge in [-0.1, -0.05) is 13.8 Å². The Morgan fingerprint density at radius 1 is 1.32 bits per heavy atom. The summed E-state index contributed by atoms with van der Waals surface area (Å²) >= 11 is 0. The minimum atomic E-state index is -0.901. The molecule has 1 saturated heterocycles. The summed E-state index contributed by atoms with van der Waals surface area (Å²) in [5.74, 6) is -1.25. The molecule has 4 N–H and O–H groups in total. The van der Waals surface area contributed by atoms with Crippen LogP contribution in [0.4, 0.5) is 4.79 Å². The van der Waals surface area contributed by atoms with Crippen molar-refractivity contribution in [2.45, 2.75) is 33.2 Å². The summed E-state index contributed by atoms with van der Waals surface area (Å²) in [4.78, 5) is 35.7. The van der Waals surface area contributed by atoms with Crippen molar-refractivity contribution >= 4 is 17.9 Å². The van der Waals surface area contributed by atoms with Crippen LogP contribution in [0.2, 0.25) is 0 Å². The number of carboxylic acids is 1. The summed E-state index contributed by atoms with van der Waals surface area (Å²) < 4.78 is 0. The molecule has 0 saturated carbocycles. The van der Waals surface area contributed by atoms with Gasteiger partial charge in [0.1, 0.15) is 6.04 Å². The first kappa shape index (κ1) is 15.3. The fourth-order valence-corrected chi connectivity index (χ4v) is 2.46. The number of hydrogen-bond acceptors (Lipinski definition) is 3. The number of nitrogens with one attached hydrogen (secondary N) is 1. The maximum absolute atomic E-state index is 12.1. The molecule has 0 bridgehead atoms. The van der Waals surface area contributed by atoms with Gasteiger partial charge >= 0.3 is 12.0 Å². The molecule has 7 heteroatoms. The van der Waals surface area contributed by atoms with Gasteiger partial charge in [0.2, 0.25) is 5.91 Å². The average Bonchev–Trinajstić information content (AvgIpc) is 2.72. The number of rotatable bonds is 4.